The minimum Gasteiger partial charge on any atom is -0.330 e. The second-order valence-electron chi connectivity index (χ2n) is 5.58. The second kappa shape index (κ2) is 7.57. The van der Waals surface area contributed by atoms with Crippen LogP contribution in [0.5, 0.6) is 0 Å². The number of nitrogens with two attached hydrogens (primary N) is 1. The topological polar surface area (TPSA) is 71.2 Å². The number of aromatic nitrogens is 1. The average Bonchev–Trinajstić information content (AvgIpc) is 2.80. The van der Waals surface area contributed by atoms with Crippen molar-refractivity contribution in [2.45, 2.75) is 19.8 Å². The molecule has 1 unspecified atom stereocenters. The number of hydrogen-bond acceptors (Lipinski definition) is 4. The zero-order valence-electron chi connectivity index (χ0n) is 11.8. The first-order chi connectivity index (χ1) is 9.11. The van der Waals surface area contributed by atoms with Gasteiger partial charge in [-0.15, -0.1) is 12.4 Å². The summed E-state index contributed by atoms with van der Waals surface area (Å²) in [5.74, 6) is 0.0364. The van der Waals surface area contributed by atoms with Crippen LogP contribution < -0.4 is 11.1 Å². The zero-order valence-corrected chi connectivity index (χ0v) is 12.7. The molecule has 1 atom stereocenters. The molecule has 0 radical (unpaired) electrons. The molecular formula is C14H23ClN4O. The molecule has 0 aromatic carbocycles. The third-order valence-electron chi connectivity index (χ3n) is 3.73. The summed E-state index contributed by atoms with van der Waals surface area (Å²) >= 11 is 0. The van der Waals surface area contributed by atoms with E-state index in [9.17, 15) is 4.79 Å². The number of amides is 1. The van der Waals surface area contributed by atoms with Crippen molar-refractivity contribution in [2.24, 2.45) is 11.1 Å². The minimum atomic E-state index is 0. The van der Waals surface area contributed by atoms with E-state index in [1.807, 2.05) is 12.1 Å². The molecule has 5 nitrogen and oxygen atoms in total. The third-order valence-corrected chi connectivity index (χ3v) is 3.73. The molecule has 1 amide bonds. The quantitative estimate of drug-likeness (QED) is 0.864. The van der Waals surface area contributed by atoms with E-state index in [1.165, 1.54) is 0 Å². The normalized spacial score (nSPS) is 22.3. The average molecular weight is 299 g/mol. The van der Waals surface area contributed by atoms with Crippen molar-refractivity contribution < 1.29 is 4.79 Å². The molecule has 20 heavy (non-hydrogen) atoms. The molecule has 1 saturated heterocycles. The largest absolute Gasteiger partial charge is 0.330 e. The molecule has 0 aliphatic carbocycles. The number of pyridine rings is 1. The van der Waals surface area contributed by atoms with Gasteiger partial charge in [-0.1, -0.05) is 6.92 Å². The Kier molecular flexibility index (Phi) is 6.39. The number of nitrogens with one attached hydrogen (secondary N) is 1. The lowest BCUT2D eigenvalue weighted by atomic mass is 9.90. The molecule has 0 spiro atoms. The molecule has 6 heteroatoms. The van der Waals surface area contributed by atoms with Crippen LogP contribution in [0.15, 0.2) is 24.5 Å². The third kappa shape index (κ3) is 4.74. The second-order valence-corrected chi connectivity index (χ2v) is 5.58. The molecule has 1 fully saturated rings. The Bertz CT molecular complexity index is 428. The number of hydrogen-bond donors (Lipinski definition) is 2. The lowest BCUT2D eigenvalue weighted by Crippen LogP contribution is -2.32. The van der Waals surface area contributed by atoms with E-state index in [0.717, 1.165) is 31.7 Å². The van der Waals surface area contributed by atoms with Crippen molar-refractivity contribution in [2.75, 3.05) is 31.5 Å². The van der Waals surface area contributed by atoms with E-state index in [4.69, 9.17) is 5.73 Å². The van der Waals surface area contributed by atoms with Gasteiger partial charge in [0.1, 0.15) is 0 Å². The predicted molar refractivity (Wildman–Crippen MR) is 83.0 cm³/mol. The highest BCUT2D eigenvalue weighted by atomic mass is 35.5. The van der Waals surface area contributed by atoms with Gasteiger partial charge in [0.2, 0.25) is 5.91 Å². The highest BCUT2D eigenvalue weighted by Gasteiger charge is 2.32. The summed E-state index contributed by atoms with van der Waals surface area (Å²) in [6.07, 6.45) is 4.97. The molecule has 112 valence electrons. The summed E-state index contributed by atoms with van der Waals surface area (Å²) in [6.45, 7) is 5.74. The molecule has 0 bridgehead atoms. The van der Waals surface area contributed by atoms with Gasteiger partial charge in [0.25, 0.3) is 0 Å². The first-order valence-electron chi connectivity index (χ1n) is 6.74. The van der Waals surface area contributed by atoms with Crippen molar-refractivity contribution in [3.63, 3.8) is 0 Å². The summed E-state index contributed by atoms with van der Waals surface area (Å²) in [7, 11) is 0. The van der Waals surface area contributed by atoms with Crippen LogP contribution in [-0.2, 0) is 4.79 Å². The lowest BCUT2D eigenvalue weighted by molar-refractivity contribution is -0.116. The molecule has 1 aromatic rings. The van der Waals surface area contributed by atoms with Crippen LogP contribution in [0.3, 0.4) is 0 Å². The SMILES string of the molecule is CC1(CN)CCN(CCC(=O)Nc2cccnc2)C1.Cl. The van der Waals surface area contributed by atoms with Crippen molar-refractivity contribution in [1.82, 2.24) is 9.88 Å². The number of carbonyl (C=O) groups is 1. The van der Waals surface area contributed by atoms with Gasteiger partial charge in [-0.05, 0) is 37.1 Å². The number of rotatable bonds is 5. The first kappa shape index (κ1) is 16.9. The van der Waals surface area contributed by atoms with Gasteiger partial charge in [0.15, 0.2) is 0 Å². The molecule has 2 rings (SSSR count). The van der Waals surface area contributed by atoms with Crippen molar-refractivity contribution >= 4 is 24.0 Å². The monoisotopic (exact) mass is 298 g/mol. The maximum absolute atomic E-state index is 11.8. The smallest absolute Gasteiger partial charge is 0.225 e. The van der Waals surface area contributed by atoms with Crippen LogP contribution in [0, 0.1) is 5.41 Å². The van der Waals surface area contributed by atoms with Crippen LogP contribution in [0.4, 0.5) is 5.69 Å². The Hall–Kier alpha value is -1.17. The fraction of sp³-hybridized carbons (Fsp3) is 0.571. The summed E-state index contributed by atoms with van der Waals surface area (Å²) < 4.78 is 0. The van der Waals surface area contributed by atoms with Gasteiger partial charge in [0, 0.05) is 25.7 Å². The summed E-state index contributed by atoms with van der Waals surface area (Å²) in [5.41, 5.74) is 6.75. The van der Waals surface area contributed by atoms with Crippen LogP contribution in [-0.4, -0.2) is 42.0 Å². The number of anilines is 1. The highest BCUT2D eigenvalue weighted by Crippen LogP contribution is 2.28. The van der Waals surface area contributed by atoms with Crippen LogP contribution in [0.1, 0.15) is 19.8 Å². The standard InChI is InChI=1S/C14H22N4O.ClH/c1-14(10-15)5-8-18(11-14)7-4-13(19)17-12-3-2-6-16-9-12;/h2-3,6,9H,4-5,7-8,10-11,15H2,1H3,(H,17,19);1H. The predicted octanol–water partition coefficient (Wildman–Crippen LogP) is 1.50. The van der Waals surface area contributed by atoms with Crippen LogP contribution >= 0.6 is 12.4 Å². The van der Waals surface area contributed by atoms with Crippen molar-refractivity contribution in [3.8, 4) is 0 Å². The summed E-state index contributed by atoms with van der Waals surface area (Å²) in [6, 6.07) is 3.65. The van der Waals surface area contributed by atoms with E-state index in [0.29, 0.717) is 13.0 Å². The molecule has 1 aliphatic rings. The molecular weight excluding hydrogens is 276 g/mol. The summed E-state index contributed by atoms with van der Waals surface area (Å²) in [5, 5.41) is 2.85. The van der Waals surface area contributed by atoms with Gasteiger partial charge >= 0.3 is 0 Å². The molecule has 1 aromatic heterocycles. The number of nitrogens with zero attached hydrogens (tertiary/aromatic N) is 2. The minimum absolute atomic E-state index is 0. The van der Waals surface area contributed by atoms with Gasteiger partial charge in [0.05, 0.1) is 11.9 Å². The fourth-order valence-corrected chi connectivity index (χ4v) is 2.40. The van der Waals surface area contributed by atoms with E-state index < -0.39 is 0 Å². The number of likely N-dealkylation sites (tertiary alicyclic amines) is 1. The van der Waals surface area contributed by atoms with E-state index in [1.54, 1.807) is 12.4 Å². The Morgan fingerprint density at radius 2 is 2.40 bits per heavy atom. The Labute approximate surface area is 126 Å². The van der Waals surface area contributed by atoms with E-state index in [2.05, 4.69) is 22.1 Å². The number of carbonyl (C=O) groups excluding carboxylic acids is 1. The maximum Gasteiger partial charge on any atom is 0.225 e. The van der Waals surface area contributed by atoms with E-state index >= 15 is 0 Å². The number of halogens is 1. The molecule has 0 saturated carbocycles. The fourth-order valence-electron chi connectivity index (χ4n) is 2.40. The van der Waals surface area contributed by atoms with Crippen molar-refractivity contribution in [1.29, 1.82) is 0 Å². The Balaban J connectivity index is 0.00000200. The van der Waals surface area contributed by atoms with Gasteiger partial charge in [-0.3, -0.25) is 9.78 Å². The van der Waals surface area contributed by atoms with Gasteiger partial charge in [-0.25, -0.2) is 0 Å². The van der Waals surface area contributed by atoms with Crippen LogP contribution in [0.25, 0.3) is 0 Å². The Morgan fingerprint density at radius 3 is 3.00 bits per heavy atom. The summed E-state index contributed by atoms with van der Waals surface area (Å²) in [4.78, 5) is 18.1. The van der Waals surface area contributed by atoms with Gasteiger partial charge in [-0.2, -0.15) is 0 Å². The molecule has 1 aliphatic heterocycles. The van der Waals surface area contributed by atoms with Gasteiger partial charge < -0.3 is 16.0 Å². The van der Waals surface area contributed by atoms with E-state index in [-0.39, 0.29) is 23.7 Å². The van der Waals surface area contributed by atoms with Crippen molar-refractivity contribution in [3.05, 3.63) is 24.5 Å². The lowest BCUT2D eigenvalue weighted by Gasteiger charge is -2.22. The first-order valence-corrected chi connectivity index (χ1v) is 6.74. The maximum atomic E-state index is 11.8. The molecule has 2 heterocycles. The highest BCUT2D eigenvalue weighted by molar-refractivity contribution is 5.90. The molecule has 3 N–H and O–H groups in total. The van der Waals surface area contributed by atoms with Crippen LogP contribution in [0.2, 0.25) is 0 Å². The zero-order chi connectivity index (χ0) is 13.7. The Morgan fingerprint density at radius 1 is 1.60 bits per heavy atom.